The summed E-state index contributed by atoms with van der Waals surface area (Å²) in [4.78, 5) is 18.0. The van der Waals surface area contributed by atoms with E-state index in [2.05, 4.69) is 10.1 Å². The molecule has 100 valence electrons. The standard InChI is InChI=1S/C12H19N3O3/c1-8(2)10(9(3)16)11-13-12(14-18-11)15-4-6-17-7-5-15/h8,10H,4-7H2,1-3H3. The Morgan fingerprint density at radius 3 is 2.56 bits per heavy atom. The molecule has 0 bridgehead atoms. The fourth-order valence-electron chi connectivity index (χ4n) is 2.17. The maximum Gasteiger partial charge on any atom is 0.266 e. The fraction of sp³-hybridized carbons (Fsp3) is 0.750. The molecule has 1 aliphatic heterocycles. The Hall–Kier alpha value is -1.43. The molecule has 6 heteroatoms. The minimum atomic E-state index is -0.313. The highest BCUT2D eigenvalue weighted by molar-refractivity contribution is 5.82. The van der Waals surface area contributed by atoms with E-state index in [1.165, 1.54) is 0 Å². The molecule has 0 aliphatic carbocycles. The predicted octanol–water partition coefficient (Wildman–Crippen LogP) is 1.23. The molecule has 0 aromatic carbocycles. The van der Waals surface area contributed by atoms with Gasteiger partial charge in [0.1, 0.15) is 5.78 Å². The summed E-state index contributed by atoms with van der Waals surface area (Å²) in [5.41, 5.74) is 0. The fourth-order valence-corrected chi connectivity index (χ4v) is 2.17. The third-order valence-electron chi connectivity index (χ3n) is 3.10. The molecule has 1 atom stereocenters. The Bertz CT molecular complexity index is 410. The van der Waals surface area contributed by atoms with Gasteiger partial charge < -0.3 is 14.2 Å². The average Bonchev–Trinajstić information content (AvgIpc) is 2.78. The summed E-state index contributed by atoms with van der Waals surface area (Å²) in [5, 5.41) is 3.96. The molecule has 1 aromatic heterocycles. The van der Waals surface area contributed by atoms with Crippen LogP contribution in [0.2, 0.25) is 0 Å². The number of Topliss-reactive ketones (excluding diaryl/α,β-unsaturated/α-hetero) is 1. The SMILES string of the molecule is CC(=O)C(c1nc(N2CCOCC2)no1)C(C)C. The number of nitrogens with zero attached hydrogens (tertiary/aromatic N) is 3. The van der Waals surface area contributed by atoms with Crippen molar-refractivity contribution >= 4 is 11.7 Å². The van der Waals surface area contributed by atoms with Crippen LogP contribution in [0.1, 0.15) is 32.6 Å². The molecule has 18 heavy (non-hydrogen) atoms. The number of carbonyl (C=O) groups excluding carboxylic acids is 1. The lowest BCUT2D eigenvalue weighted by atomic mass is 9.92. The summed E-state index contributed by atoms with van der Waals surface area (Å²) in [6.07, 6.45) is 0. The van der Waals surface area contributed by atoms with Crippen LogP contribution in [0.3, 0.4) is 0 Å². The van der Waals surface area contributed by atoms with Crippen LogP contribution in [0, 0.1) is 5.92 Å². The van der Waals surface area contributed by atoms with E-state index in [0.717, 1.165) is 13.1 Å². The highest BCUT2D eigenvalue weighted by atomic mass is 16.5. The largest absolute Gasteiger partial charge is 0.378 e. The zero-order valence-electron chi connectivity index (χ0n) is 11.0. The molecule has 0 N–H and O–H groups in total. The van der Waals surface area contributed by atoms with Crippen molar-refractivity contribution in [3.05, 3.63) is 5.89 Å². The van der Waals surface area contributed by atoms with Crippen molar-refractivity contribution in [1.82, 2.24) is 10.1 Å². The molecular formula is C12H19N3O3. The molecule has 2 rings (SSSR count). The van der Waals surface area contributed by atoms with Gasteiger partial charge in [0, 0.05) is 13.1 Å². The van der Waals surface area contributed by atoms with Gasteiger partial charge in [-0.2, -0.15) is 4.98 Å². The van der Waals surface area contributed by atoms with Crippen LogP contribution >= 0.6 is 0 Å². The van der Waals surface area contributed by atoms with E-state index >= 15 is 0 Å². The van der Waals surface area contributed by atoms with Gasteiger partial charge in [-0.3, -0.25) is 4.79 Å². The van der Waals surface area contributed by atoms with Crippen LogP contribution in [0.15, 0.2) is 4.52 Å². The minimum absolute atomic E-state index is 0.0576. The van der Waals surface area contributed by atoms with Gasteiger partial charge in [0.25, 0.3) is 5.95 Å². The topological polar surface area (TPSA) is 68.5 Å². The second-order valence-corrected chi connectivity index (χ2v) is 4.86. The lowest BCUT2D eigenvalue weighted by molar-refractivity contribution is -0.119. The number of ketones is 1. The van der Waals surface area contributed by atoms with Crippen molar-refractivity contribution in [2.24, 2.45) is 5.92 Å². The number of morpholine rings is 1. The zero-order valence-corrected chi connectivity index (χ0v) is 11.0. The molecule has 0 saturated carbocycles. The first-order valence-electron chi connectivity index (χ1n) is 6.26. The van der Waals surface area contributed by atoms with Crippen LogP contribution in [-0.2, 0) is 9.53 Å². The number of aromatic nitrogens is 2. The highest BCUT2D eigenvalue weighted by Crippen LogP contribution is 2.25. The maximum absolute atomic E-state index is 11.6. The van der Waals surface area contributed by atoms with Crippen molar-refractivity contribution < 1.29 is 14.1 Å². The summed E-state index contributed by atoms with van der Waals surface area (Å²) >= 11 is 0. The summed E-state index contributed by atoms with van der Waals surface area (Å²) in [5.74, 6) is 0.870. The van der Waals surface area contributed by atoms with Gasteiger partial charge in [0.05, 0.1) is 19.1 Å². The Labute approximate surface area is 106 Å². The van der Waals surface area contributed by atoms with Crippen molar-refractivity contribution in [2.45, 2.75) is 26.7 Å². The average molecular weight is 253 g/mol. The van der Waals surface area contributed by atoms with Crippen molar-refractivity contribution in [1.29, 1.82) is 0 Å². The van der Waals surface area contributed by atoms with Gasteiger partial charge >= 0.3 is 0 Å². The minimum Gasteiger partial charge on any atom is -0.378 e. The van der Waals surface area contributed by atoms with Gasteiger partial charge in [0.2, 0.25) is 5.89 Å². The first-order valence-corrected chi connectivity index (χ1v) is 6.26. The predicted molar refractivity (Wildman–Crippen MR) is 65.6 cm³/mol. The lowest BCUT2D eigenvalue weighted by Crippen LogP contribution is -2.36. The van der Waals surface area contributed by atoms with Crippen LogP contribution in [0.5, 0.6) is 0 Å². The first-order chi connectivity index (χ1) is 8.59. The normalized spacial score (nSPS) is 18.1. The van der Waals surface area contributed by atoms with E-state index in [-0.39, 0.29) is 17.6 Å². The second-order valence-electron chi connectivity index (χ2n) is 4.86. The van der Waals surface area contributed by atoms with Crippen molar-refractivity contribution in [3.63, 3.8) is 0 Å². The van der Waals surface area contributed by atoms with E-state index in [4.69, 9.17) is 9.26 Å². The number of anilines is 1. The molecule has 1 saturated heterocycles. The molecule has 1 aromatic rings. The molecule has 1 aliphatic rings. The lowest BCUT2D eigenvalue weighted by Gasteiger charge is -2.24. The number of hydrogen-bond acceptors (Lipinski definition) is 6. The smallest absolute Gasteiger partial charge is 0.266 e. The Morgan fingerprint density at radius 1 is 1.33 bits per heavy atom. The van der Waals surface area contributed by atoms with Crippen LogP contribution < -0.4 is 4.90 Å². The van der Waals surface area contributed by atoms with Crippen LogP contribution in [0.25, 0.3) is 0 Å². The summed E-state index contributed by atoms with van der Waals surface area (Å²) < 4.78 is 10.5. The Kier molecular flexibility index (Phi) is 3.96. The van der Waals surface area contributed by atoms with Gasteiger partial charge in [0.15, 0.2) is 0 Å². The summed E-state index contributed by atoms with van der Waals surface area (Å²) in [6.45, 7) is 8.36. The molecule has 0 spiro atoms. The van der Waals surface area contributed by atoms with Crippen molar-refractivity contribution in [3.8, 4) is 0 Å². The molecule has 2 heterocycles. The molecule has 6 nitrogen and oxygen atoms in total. The van der Waals surface area contributed by atoms with Gasteiger partial charge in [-0.15, -0.1) is 0 Å². The van der Waals surface area contributed by atoms with E-state index < -0.39 is 0 Å². The second kappa shape index (κ2) is 5.48. The Balaban J connectivity index is 2.15. The number of ether oxygens (including phenoxy) is 1. The molecule has 1 unspecified atom stereocenters. The monoisotopic (exact) mass is 253 g/mol. The van der Waals surface area contributed by atoms with E-state index in [1.54, 1.807) is 6.92 Å². The Morgan fingerprint density at radius 2 is 2.00 bits per heavy atom. The number of hydrogen-bond donors (Lipinski definition) is 0. The number of carbonyl (C=O) groups is 1. The van der Waals surface area contributed by atoms with Crippen LogP contribution in [0.4, 0.5) is 5.95 Å². The van der Waals surface area contributed by atoms with Crippen molar-refractivity contribution in [2.75, 3.05) is 31.2 Å². The highest BCUT2D eigenvalue weighted by Gasteiger charge is 2.28. The van der Waals surface area contributed by atoms with Crippen LogP contribution in [-0.4, -0.2) is 42.2 Å². The van der Waals surface area contributed by atoms with Gasteiger partial charge in [-0.05, 0) is 18.0 Å². The maximum atomic E-state index is 11.6. The third kappa shape index (κ3) is 2.69. The summed E-state index contributed by atoms with van der Waals surface area (Å²) in [6, 6.07) is 0. The molecule has 1 fully saturated rings. The molecular weight excluding hydrogens is 234 g/mol. The van der Waals surface area contributed by atoms with E-state index in [9.17, 15) is 4.79 Å². The van der Waals surface area contributed by atoms with Gasteiger partial charge in [-0.25, -0.2) is 0 Å². The first kappa shape index (κ1) is 13.0. The summed E-state index contributed by atoms with van der Waals surface area (Å²) in [7, 11) is 0. The van der Waals surface area contributed by atoms with E-state index in [1.807, 2.05) is 18.7 Å². The van der Waals surface area contributed by atoms with E-state index in [0.29, 0.717) is 25.1 Å². The third-order valence-corrected chi connectivity index (χ3v) is 3.10. The molecule has 0 radical (unpaired) electrons. The zero-order chi connectivity index (χ0) is 13.1. The van der Waals surface area contributed by atoms with Gasteiger partial charge in [-0.1, -0.05) is 13.8 Å². The molecule has 0 amide bonds. The number of rotatable bonds is 4. The quantitative estimate of drug-likeness (QED) is 0.804.